The van der Waals surface area contributed by atoms with E-state index in [0.717, 1.165) is 57.8 Å². The molecule has 37 heavy (non-hydrogen) atoms. The number of ketones is 1. The fourth-order valence-electron chi connectivity index (χ4n) is 11.2. The average Bonchev–Trinajstić information content (AvgIpc) is 3.27. The Balaban J connectivity index is 1.06. The Morgan fingerprint density at radius 2 is 1.62 bits per heavy atom. The van der Waals surface area contributed by atoms with E-state index in [9.17, 15) is 4.79 Å². The smallest absolute Gasteiger partial charge is 0.169 e. The highest BCUT2D eigenvalue weighted by Crippen LogP contribution is 2.72. The molecule has 1 aliphatic heterocycles. The molecule has 4 nitrogen and oxygen atoms in total. The molecule has 0 amide bonds. The zero-order chi connectivity index (χ0) is 24.5. The van der Waals surface area contributed by atoms with E-state index in [1.165, 1.54) is 51.4 Å². The van der Waals surface area contributed by atoms with E-state index in [0.29, 0.717) is 41.4 Å². The van der Waals surface area contributed by atoms with Crippen LogP contribution >= 0.6 is 0 Å². The summed E-state index contributed by atoms with van der Waals surface area (Å²) in [5.74, 6) is 3.36. The Labute approximate surface area is 221 Å². The first-order valence-corrected chi connectivity index (χ1v) is 15.8. The first kappa shape index (κ1) is 22.6. The molecule has 7 fully saturated rings. The molecule has 9 rings (SSSR count). The van der Waals surface area contributed by atoms with Gasteiger partial charge < -0.3 is 14.8 Å². The third kappa shape index (κ3) is 2.99. The molecular weight excluding hydrogens is 458 g/mol. The summed E-state index contributed by atoms with van der Waals surface area (Å²) in [6.45, 7) is 3.89. The van der Waals surface area contributed by atoms with Crippen LogP contribution in [0, 0.1) is 35.0 Å². The van der Waals surface area contributed by atoms with Crippen LogP contribution < -0.4 is 5.32 Å². The molecule has 1 N–H and O–H groups in total. The van der Waals surface area contributed by atoms with Crippen molar-refractivity contribution in [2.75, 3.05) is 13.2 Å². The molecule has 5 atom stereocenters. The third-order valence-corrected chi connectivity index (χ3v) is 12.9. The van der Waals surface area contributed by atoms with Crippen LogP contribution in [0.25, 0.3) is 0 Å². The SMILES string of the molecule is CC12CC(C3C4=C5CC(=C43)C5NC3CCCCC3)C3=C4CCC5(CC4CCC3C1CCC2=O)OCCO5. The van der Waals surface area contributed by atoms with E-state index < -0.39 is 0 Å². The van der Waals surface area contributed by atoms with Gasteiger partial charge in [-0.3, -0.25) is 4.79 Å². The highest BCUT2D eigenvalue weighted by atomic mass is 16.7. The summed E-state index contributed by atoms with van der Waals surface area (Å²) < 4.78 is 12.4. The molecule has 5 unspecified atom stereocenters. The van der Waals surface area contributed by atoms with Crippen molar-refractivity contribution in [2.45, 2.75) is 115 Å². The maximum absolute atomic E-state index is 13.4. The summed E-state index contributed by atoms with van der Waals surface area (Å²) in [4.78, 5) is 13.4. The monoisotopic (exact) mass is 501 g/mol. The van der Waals surface area contributed by atoms with Crippen LogP contribution in [0.5, 0.6) is 0 Å². The van der Waals surface area contributed by atoms with Gasteiger partial charge in [-0.05, 0) is 97.3 Å². The van der Waals surface area contributed by atoms with Gasteiger partial charge in [0.2, 0.25) is 0 Å². The number of fused-ring (bicyclic) bond motifs is 7. The van der Waals surface area contributed by atoms with E-state index in [2.05, 4.69) is 12.2 Å². The summed E-state index contributed by atoms with van der Waals surface area (Å²) in [6.07, 6.45) is 17.1. The van der Waals surface area contributed by atoms with Crippen LogP contribution in [-0.2, 0) is 14.3 Å². The summed E-state index contributed by atoms with van der Waals surface area (Å²) in [5.41, 5.74) is 10.5. The highest BCUT2D eigenvalue weighted by molar-refractivity contribution is 5.88. The van der Waals surface area contributed by atoms with Crippen LogP contribution in [0.1, 0.15) is 96.8 Å². The molecule has 0 aromatic carbocycles. The van der Waals surface area contributed by atoms with Gasteiger partial charge in [-0.2, -0.15) is 0 Å². The van der Waals surface area contributed by atoms with Gasteiger partial charge in [-0.25, -0.2) is 0 Å². The fourth-order valence-corrected chi connectivity index (χ4v) is 11.2. The Morgan fingerprint density at radius 1 is 0.838 bits per heavy atom. The normalized spacial score (nSPS) is 42.8. The van der Waals surface area contributed by atoms with Crippen molar-refractivity contribution in [3.63, 3.8) is 0 Å². The summed E-state index contributed by atoms with van der Waals surface area (Å²) in [5, 5.41) is 4.07. The lowest BCUT2D eigenvalue weighted by atomic mass is 9.52. The number of ether oxygens (including phenoxy) is 2. The standard InChI is InChI=1S/C33H43NO3/c1-32-17-24(30-28-22-15-23(29(28)30)31(22)34-19-5-3-2-4-6-19)27-20-11-12-33(36-13-14-37-33)16-18(20)7-8-21(27)25(32)9-10-26(32)35/h18-19,21,24-25,30-31,34H,2-17H2,1H3. The van der Waals surface area contributed by atoms with E-state index in [1.807, 2.05) is 5.57 Å². The van der Waals surface area contributed by atoms with Crippen LogP contribution in [0.4, 0.5) is 0 Å². The van der Waals surface area contributed by atoms with Gasteiger partial charge in [-0.15, -0.1) is 0 Å². The molecule has 1 heterocycles. The first-order valence-electron chi connectivity index (χ1n) is 15.8. The zero-order valence-corrected chi connectivity index (χ0v) is 22.6. The molecule has 9 aliphatic rings. The Hall–Kier alpha value is -1.23. The molecule has 0 aromatic heterocycles. The molecule has 198 valence electrons. The highest BCUT2D eigenvalue weighted by Gasteiger charge is 2.65. The number of Topliss-reactive ketones (excluding diaryl/α,β-unsaturated/α-hetero) is 1. The molecule has 8 aliphatic carbocycles. The second-order valence-electron chi connectivity index (χ2n) is 14.4. The molecular formula is C33H43NO3. The van der Waals surface area contributed by atoms with Crippen LogP contribution in [0.3, 0.4) is 0 Å². The fraction of sp³-hybridized carbons (Fsp3) is 0.788. The van der Waals surface area contributed by atoms with Crippen molar-refractivity contribution >= 4 is 5.78 Å². The van der Waals surface area contributed by atoms with Gasteiger partial charge >= 0.3 is 0 Å². The number of rotatable bonds is 3. The summed E-state index contributed by atoms with van der Waals surface area (Å²) in [6, 6.07) is 1.32. The lowest BCUT2D eigenvalue weighted by molar-refractivity contribution is -0.181. The van der Waals surface area contributed by atoms with E-state index >= 15 is 0 Å². The van der Waals surface area contributed by atoms with Crippen molar-refractivity contribution in [3.05, 3.63) is 33.4 Å². The second kappa shape index (κ2) is 7.70. The van der Waals surface area contributed by atoms with Gasteiger partial charge in [-0.1, -0.05) is 37.3 Å². The Morgan fingerprint density at radius 3 is 2.41 bits per heavy atom. The molecule has 2 bridgehead atoms. The third-order valence-electron chi connectivity index (χ3n) is 12.9. The Bertz CT molecular complexity index is 1140. The predicted octanol–water partition coefficient (Wildman–Crippen LogP) is 6.17. The molecule has 1 saturated heterocycles. The maximum Gasteiger partial charge on any atom is 0.169 e. The topological polar surface area (TPSA) is 47.6 Å². The van der Waals surface area contributed by atoms with Crippen LogP contribution in [-0.4, -0.2) is 36.9 Å². The number of hydrogen-bond donors (Lipinski definition) is 1. The summed E-state index contributed by atoms with van der Waals surface area (Å²) in [7, 11) is 0. The predicted molar refractivity (Wildman–Crippen MR) is 142 cm³/mol. The molecule has 6 saturated carbocycles. The molecule has 4 heteroatoms. The molecule has 1 spiro atoms. The van der Waals surface area contributed by atoms with Crippen molar-refractivity contribution in [1.29, 1.82) is 0 Å². The molecule has 0 radical (unpaired) electrons. The number of carbonyl (C=O) groups excluding carboxylic acids is 1. The van der Waals surface area contributed by atoms with E-state index in [-0.39, 0.29) is 11.2 Å². The number of allylic oxidation sites excluding steroid dienone is 4. The van der Waals surface area contributed by atoms with Crippen molar-refractivity contribution in [3.8, 4) is 0 Å². The summed E-state index contributed by atoms with van der Waals surface area (Å²) >= 11 is 0. The van der Waals surface area contributed by atoms with Gasteiger partial charge in [0.1, 0.15) is 5.78 Å². The number of hydrogen-bond acceptors (Lipinski definition) is 4. The first-order chi connectivity index (χ1) is 18.1. The van der Waals surface area contributed by atoms with Crippen LogP contribution in [0.15, 0.2) is 33.4 Å². The number of carbonyl (C=O) groups is 1. The van der Waals surface area contributed by atoms with Crippen molar-refractivity contribution < 1.29 is 14.3 Å². The molecule has 0 aromatic rings. The average molecular weight is 502 g/mol. The van der Waals surface area contributed by atoms with Gasteiger partial charge in [0.15, 0.2) is 5.79 Å². The van der Waals surface area contributed by atoms with Crippen molar-refractivity contribution in [1.82, 2.24) is 5.32 Å². The van der Waals surface area contributed by atoms with E-state index in [4.69, 9.17) is 9.47 Å². The lowest BCUT2D eigenvalue weighted by Crippen LogP contribution is -2.48. The Kier molecular flexibility index (Phi) is 4.70. The van der Waals surface area contributed by atoms with Gasteiger partial charge in [0.05, 0.1) is 19.3 Å². The van der Waals surface area contributed by atoms with Crippen LogP contribution in [0.2, 0.25) is 0 Å². The van der Waals surface area contributed by atoms with Gasteiger partial charge in [0, 0.05) is 36.6 Å². The maximum atomic E-state index is 13.4. The minimum absolute atomic E-state index is 0.0862. The zero-order valence-electron chi connectivity index (χ0n) is 22.6. The largest absolute Gasteiger partial charge is 0.348 e. The van der Waals surface area contributed by atoms with Gasteiger partial charge in [0.25, 0.3) is 0 Å². The number of nitrogens with one attached hydrogen (secondary N) is 1. The van der Waals surface area contributed by atoms with E-state index in [1.54, 1.807) is 27.9 Å². The quantitative estimate of drug-likeness (QED) is 0.470. The second-order valence-corrected chi connectivity index (χ2v) is 14.4. The van der Waals surface area contributed by atoms with Crippen molar-refractivity contribution in [2.24, 2.45) is 35.0 Å². The minimum atomic E-state index is -0.297. The minimum Gasteiger partial charge on any atom is -0.348 e. The lowest BCUT2D eigenvalue weighted by Gasteiger charge is -2.53.